The zero-order valence-electron chi connectivity index (χ0n) is 16.8. The highest BCUT2D eigenvalue weighted by Crippen LogP contribution is 2.26. The van der Waals surface area contributed by atoms with E-state index in [1.165, 1.54) is 12.1 Å². The summed E-state index contributed by atoms with van der Waals surface area (Å²) in [4.78, 5) is 12.5. The molecule has 0 aliphatic carbocycles. The summed E-state index contributed by atoms with van der Waals surface area (Å²) in [5.41, 5.74) is 2.19. The number of carbonyl (C=O) groups is 1. The Kier molecular flexibility index (Phi) is 5.48. The van der Waals surface area contributed by atoms with E-state index in [4.69, 9.17) is 0 Å². The number of hydrogen-bond acceptors (Lipinski definition) is 4. The van der Waals surface area contributed by atoms with Gasteiger partial charge in [0.15, 0.2) is 0 Å². The third-order valence-corrected chi connectivity index (χ3v) is 5.63. The van der Waals surface area contributed by atoms with E-state index in [0.29, 0.717) is 5.82 Å². The number of carbonyl (C=O) groups excluding carboxylic acids is 1. The number of nitrogens with one attached hydrogen (secondary N) is 2. The lowest BCUT2D eigenvalue weighted by Gasteiger charge is -2.14. The van der Waals surface area contributed by atoms with Crippen LogP contribution in [0.25, 0.3) is 5.69 Å². The number of urea groups is 1. The average Bonchev–Trinajstić information content (AvgIpc) is 3.06. The van der Waals surface area contributed by atoms with E-state index in [0.717, 1.165) is 16.9 Å². The fourth-order valence-electron chi connectivity index (χ4n) is 2.64. The molecule has 0 saturated carbocycles. The van der Waals surface area contributed by atoms with Crippen molar-refractivity contribution in [2.24, 2.45) is 0 Å². The predicted octanol–water partition coefficient (Wildman–Crippen LogP) is 3.99. The highest BCUT2D eigenvalue weighted by Gasteiger charge is 2.23. The molecule has 0 saturated heterocycles. The molecule has 0 fully saturated rings. The molecule has 7 nitrogen and oxygen atoms in total. The number of hydrogen-bond donors (Lipinski definition) is 2. The van der Waals surface area contributed by atoms with Crippen molar-refractivity contribution in [3.05, 3.63) is 71.9 Å². The standard InChI is InChI=1S/C21H24N4O3S/c1-15-10-12-17(13-11-15)29(27,28)24-20(26)22-19-14-18(21(2,3)4)23-25(19)16-8-6-5-7-9-16/h5-14H,1-4H3,(H2,22,24,26). The van der Waals surface area contributed by atoms with Crippen LogP contribution in [-0.2, 0) is 15.4 Å². The van der Waals surface area contributed by atoms with Crippen molar-refractivity contribution in [3.8, 4) is 5.69 Å². The van der Waals surface area contributed by atoms with E-state index in [1.807, 2.05) is 62.7 Å². The maximum absolute atomic E-state index is 12.5. The number of sulfonamides is 1. The molecule has 0 spiro atoms. The van der Waals surface area contributed by atoms with Crippen LogP contribution in [0.15, 0.2) is 65.6 Å². The molecule has 3 aromatic rings. The van der Waals surface area contributed by atoms with Crippen LogP contribution in [-0.4, -0.2) is 24.2 Å². The molecule has 8 heteroatoms. The van der Waals surface area contributed by atoms with Crippen LogP contribution in [0.2, 0.25) is 0 Å². The van der Waals surface area contributed by atoms with Gasteiger partial charge in [-0.2, -0.15) is 5.10 Å². The number of benzene rings is 2. The number of nitrogens with zero attached hydrogens (tertiary/aromatic N) is 2. The quantitative estimate of drug-likeness (QED) is 0.678. The molecule has 2 N–H and O–H groups in total. The van der Waals surface area contributed by atoms with Crippen LogP contribution >= 0.6 is 0 Å². The van der Waals surface area contributed by atoms with E-state index in [-0.39, 0.29) is 10.3 Å². The lowest BCUT2D eigenvalue weighted by molar-refractivity contribution is 0.256. The smallest absolute Gasteiger partial charge is 0.291 e. The molecule has 0 atom stereocenters. The molecule has 152 valence electrons. The number of aryl methyl sites for hydroxylation is 1. The van der Waals surface area contributed by atoms with Gasteiger partial charge in [0.25, 0.3) is 10.0 Å². The summed E-state index contributed by atoms with van der Waals surface area (Å²) < 4.78 is 28.6. The van der Waals surface area contributed by atoms with Gasteiger partial charge in [0.2, 0.25) is 0 Å². The maximum Gasteiger partial charge on any atom is 0.334 e. The first-order valence-corrected chi connectivity index (χ1v) is 10.6. The van der Waals surface area contributed by atoms with Gasteiger partial charge in [0, 0.05) is 11.5 Å². The Morgan fingerprint density at radius 1 is 1.00 bits per heavy atom. The van der Waals surface area contributed by atoms with Gasteiger partial charge < -0.3 is 0 Å². The van der Waals surface area contributed by atoms with Gasteiger partial charge in [-0.25, -0.2) is 22.6 Å². The lowest BCUT2D eigenvalue weighted by Crippen LogP contribution is -2.34. The van der Waals surface area contributed by atoms with Gasteiger partial charge in [-0.05, 0) is 31.2 Å². The van der Waals surface area contributed by atoms with E-state index in [9.17, 15) is 13.2 Å². The SMILES string of the molecule is Cc1ccc(S(=O)(=O)NC(=O)Nc2cc(C(C)(C)C)nn2-c2ccccc2)cc1. The predicted molar refractivity (Wildman–Crippen MR) is 113 cm³/mol. The summed E-state index contributed by atoms with van der Waals surface area (Å²) >= 11 is 0. The Hall–Kier alpha value is -3.13. The summed E-state index contributed by atoms with van der Waals surface area (Å²) in [5.74, 6) is 0.373. The van der Waals surface area contributed by atoms with Crippen LogP contribution in [0.1, 0.15) is 32.0 Å². The second kappa shape index (κ2) is 7.71. The Labute approximate surface area is 170 Å². The average molecular weight is 413 g/mol. The summed E-state index contributed by atoms with van der Waals surface area (Å²) in [7, 11) is -3.99. The second-order valence-electron chi connectivity index (χ2n) is 7.78. The Morgan fingerprint density at radius 3 is 2.21 bits per heavy atom. The molecule has 1 aromatic heterocycles. The first-order chi connectivity index (χ1) is 13.6. The van der Waals surface area contributed by atoms with Gasteiger partial charge in [0.05, 0.1) is 16.3 Å². The monoisotopic (exact) mass is 412 g/mol. The first-order valence-electron chi connectivity index (χ1n) is 9.13. The van der Waals surface area contributed by atoms with Gasteiger partial charge in [-0.15, -0.1) is 0 Å². The highest BCUT2D eigenvalue weighted by atomic mass is 32.2. The van der Waals surface area contributed by atoms with Crippen molar-refractivity contribution >= 4 is 21.9 Å². The maximum atomic E-state index is 12.5. The molecule has 2 aromatic carbocycles. The molecule has 0 bridgehead atoms. The number of aromatic nitrogens is 2. The summed E-state index contributed by atoms with van der Waals surface area (Å²) in [5, 5.41) is 7.20. The molecule has 2 amide bonds. The number of amides is 2. The fraction of sp³-hybridized carbons (Fsp3) is 0.238. The minimum absolute atomic E-state index is 0.0187. The van der Waals surface area contributed by atoms with E-state index in [2.05, 4.69) is 10.4 Å². The zero-order valence-corrected chi connectivity index (χ0v) is 17.6. The van der Waals surface area contributed by atoms with Crippen molar-refractivity contribution in [2.45, 2.75) is 38.0 Å². The van der Waals surface area contributed by atoms with Gasteiger partial charge in [0.1, 0.15) is 5.82 Å². The molecular formula is C21H24N4O3S. The van der Waals surface area contributed by atoms with Gasteiger partial charge in [-0.1, -0.05) is 56.7 Å². The third-order valence-electron chi connectivity index (χ3n) is 4.28. The summed E-state index contributed by atoms with van der Waals surface area (Å²) in [6.07, 6.45) is 0. The fourth-order valence-corrected chi connectivity index (χ4v) is 3.55. The third kappa shape index (κ3) is 4.83. The second-order valence-corrected chi connectivity index (χ2v) is 9.47. The number of para-hydroxylation sites is 1. The molecule has 3 rings (SSSR count). The van der Waals surface area contributed by atoms with Gasteiger partial charge in [-0.3, -0.25) is 5.32 Å². The van der Waals surface area contributed by atoms with Crippen LogP contribution in [0.3, 0.4) is 0 Å². The van der Waals surface area contributed by atoms with Crippen molar-refractivity contribution in [1.82, 2.24) is 14.5 Å². The van der Waals surface area contributed by atoms with E-state index in [1.54, 1.807) is 22.9 Å². The Bertz CT molecular complexity index is 1110. The Balaban J connectivity index is 1.88. The van der Waals surface area contributed by atoms with Crippen molar-refractivity contribution in [3.63, 3.8) is 0 Å². The Morgan fingerprint density at radius 2 is 1.62 bits per heavy atom. The zero-order chi connectivity index (χ0) is 21.2. The first kappa shape index (κ1) is 20.6. The van der Waals surface area contributed by atoms with Crippen molar-refractivity contribution in [2.75, 3.05) is 5.32 Å². The normalized spacial score (nSPS) is 11.9. The van der Waals surface area contributed by atoms with Crippen LogP contribution in [0.4, 0.5) is 10.6 Å². The van der Waals surface area contributed by atoms with Crippen LogP contribution in [0.5, 0.6) is 0 Å². The van der Waals surface area contributed by atoms with Crippen LogP contribution < -0.4 is 10.0 Å². The molecular weight excluding hydrogens is 388 g/mol. The molecule has 1 heterocycles. The molecule has 29 heavy (non-hydrogen) atoms. The van der Waals surface area contributed by atoms with Gasteiger partial charge >= 0.3 is 6.03 Å². The van der Waals surface area contributed by atoms with E-state index >= 15 is 0 Å². The van der Waals surface area contributed by atoms with Crippen molar-refractivity contribution in [1.29, 1.82) is 0 Å². The summed E-state index contributed by atoms with van der Waals surface area (Å²) in [6.45, 7) is 7.89. The molecule has 0 aliphatic rings. The minimum Gasteiger partial charge on any atom is -0.291 e. The molecule has 0 aliphatic heterocycles. The summed E-state index contributed by atoms with van der Waals surface area (Å²) in [6, 6.07) is 16.4. The lowest BCUT2D eigenvalue weighted by atomic mass is 9.92. The van der Waals surface area contributed by atoms with E-state index < -0.39 is 16.1 Å². The topological polar surface area (TPSA) is 93.1 Å². The highest BCUT2D eigenvalue weighted by molar-refractivity contribution is 7.90. The number of anilines is 1. The molecule has 0 unspecified atom stereocenters. The number of rotatable bonds is 4. The van der Waals surface area contributed by atoms with Crippen molar-refractivity contribution < 1.29 is 13.2 Å². The largest absolute Gasteiger partial charge is 0.334 e. The minimum atomic E-state index is -3.99. The molecule has 0 radical (unpaired) electrons. The van der Waals surface area contributed by atoms with Crippen LogP contribution in [0, 0.1) is 6.92 Å².